The van der Waals surface area contributed by atoms with Crippen LogP contribution in [0.2, 0.25) is 0 Å². The van der Waals surface area contributed by atoms with E-state index in [2.05, 4.69) is 21.2 Å². The number of hydrogen-bond donors (Lipinski definition) is 1. The van der Waals surface area contributed by atoms with E-state index in [9.17, 15) is 9.18 Å². The topological polar surface area (TPSA) is 47.6 Å². The molecule has 2 atom stereocenters. The van der Waals surface area contributed by atoms with Crippen LogP contribution in [0.15, 0.2) is 53.0 Å². The molecule has 0 aromatic heterocycles. The quantitative estimate of drug-likeness (QED) is 0.836. The summed E-state index contributed by atoms with van der Waals surface area (Å²) in [4.78, 5) is 12.7. The standard InChI is InChI=1S/C19H17BrFNO3/c20-13-3-1-12(2-4-13)17-16(11-19(17)24-9-10-25-19)18(23)22-15-7-5-14(21)6-8-15/h1-8,16-17H,9-11H2,(H,22,23). The van der Waals surface area contributed by atoms with Crippen molar-refractivity contribution in [3.63, 3.8) is 0 Å². The Hall–Kier alpha value is -1.76. The van der Waals surface area contributed by atoms with Crippen molar-refractivity contribution in [2.45, 2.75) is 18.1 Å². The van der Waals surface area contributed by atoms with Crippen LogP contribution in [0, 0.1) is 11.7 Å². The molecule has 25 heavy (non-hydrogen) atoms. The van der Waals surface area contributed by atoms with Crippen molar-refractivity contribution in [1.82, 2.24) is 0 Å². The molecule has 1 aliphatic heterocycles. The van der Waals surface area contributed by atoms with E-state index < -0.39 is 5.79 Å². The average Bonchev–Trinajstić information content (AvgIpc) is 3.08. The fraction of sp³-hybridized carbons (Fsp3) is 0.316. The number of hydrogen-bond acceptors (Lipinski definition) is 3. The largest absolute Gasteiger partial charge is 0.347 e. The van der Waals surface area contributed by atoms with Crippen molar-refractivity contribution < 1.29 is 18.7 Å². The van der Waals surface area contributed by atoms with Gasteiger partial charge in [0.05, 0.1) is 19.1 Å². The molecule has 2 unspecified atom stereocenters. The van der Waals surface area contributed by atoms with Crippen molar-refractivity contribution in [2.24, 2.45) is 5.92 Å². The van der Waals surface area contributed by atoms with Crippen LogP contribution < -0.4 is 5.32 Å². The zero-order chi connectivity index (χ0) is 17.4. The fourth-order valence-corrected chi connectivity index (χ4v) is 3.90. The highest BCUT2D eigenvalue weighted by molar-refractivity contribution is 9.10. The van der Waals surface area contributed by atoms with Gasteiger partial charge in [-0.15, -0.1) is 0 Å². The summed E-state index contributed by atoms with van der Waals surface area (Å²) in [7, 11) is 0. The lowest BCUT2D eigenvalue weighted by molar-refractivity contribution is -0.244. The van der Waals surface area contributed by atoms with Crippen molar-refractivity contribution in [3.8, 4) is 0 Å². The van der Waals surface area contributed by atoms with Gasteiger partial charge in [0.15, 0.2) is 5.79 Å². The molecular weight excluding hydrogens is 389 g/mol. The Balaban J connectivity index is 1.56. The van der Waals surface area contributed by atoms with Crippen LogP contribution in [0.3, 0.4) is 0 Å². The lowest BCUT2D eigenvalue weighted by Gasteiger charge is -2.50. The third-order valence-electron chi connectivity index (χ3n) is 4.83. The highest BCUT2D eigenvalue weighted by Gasteiger charge is 2.61. The molecule has 4 rings (SSSR count). The van der Waals surface area contributed by atoms with Gasteiger partial charge in [0.2, 0.25) is 5.91 Å². The molecule has 1 saturated carbocycles. The summed E-state index contributed by atoms with van der Waals surface area (Å²) < 4.78 is 25.7. The molecule has 1 heterocycles. The smallest absolute Gasteiger partial charge is 0.228 e. The van der Waals surface area contributed by atoms with Gasteiger partial charge >= 0.3 is 0 Å². The van der Waals surface area contributed by atoms with Gasteiger partial charge in [-0.1, -0.05) is 28.1 Å². The second kappa shape index (κ2) is 6.52. The minimum atomic E-state index is -0.710. The first kappa shape index (κ1) is 16.7. The Kier molecular flexibility index (Phi) is 4.35. The number of carbonyl (C=O) groups is 1. The van der Waals surface area contributed by atoms with Crippen LogP contribution in [0.25, 0.3) is 0 Å². The normalized spacial score (nSPS) is 24.1. The predicted octanol–water partition coefficient (Wildman–Crippen LogP) is 4.07. The average molecular weight is 406 g/mol. The molecular formula is C19H17BrFNO3. The summed E-state index contributed by atoms with van der Waals surface area (Å²) in [6.45, 7) is 1.08. The SMILES string of the molecule is O=C(Nc1ccc(F)cc1)C1CC2(OCCO2)C1c1ccc(Br)cc1. The lowest BCUT2D eigenvalue weighted by atomic mass is 9.64. The van der Waals surface area contributed by atoms with Gasteiger partial charge in [-0.25, -0.2) is 4.39 Å². The van der Waals surface area contributed by atoms with Crippen LogP contribution in [-0.2, 0) is 14.3 Å². The van der Waals surface area contributed by atoms with Crippen LogP contribution in [0.4, 0.5) is 10.1 Å². The van der Waals surface area contributed by atoms with E-state index in [1.807, 2.05) is 24.3 Å². The lowest BCUT2D eigenvalue weighted by Crippen LogP contribution is -2.56. The molecule has 1 amide bonds. The number of rotatable bonds is 3. The van der Waals surface area contributed by atoms with Crippen LogP contribution in [-0.4, -0.2) is 24.9 Å². The molecule has 0 bridgehead atoms. The maximum Gasteiger partial charge on any atom is 0.228 e. The Morgan fingerprint density at radius 3 is 2.36 bits per heavy atom. The molecule has 2 fully saturated rings. The zero-order valence-corrected chi connectivity index (χ0v) is 15.0. The van der Waals surface area contributed by atoms with Crippen LogP contribution >= 0.6 is 15.9 Å². The molecule has 1 saturated heterocycles. The second-order valence-corrected chi connectivity index (χ2v) is 7.26. The van der Waals surface area contributed by atoms with Gasteiger partial charge in [-0.2, -0.15) is 0 Å². The number of benzene rings is 2. The minimum absolute atomic E-state index is 0.107. The summed E-state index contributed by atoms with van der Waals surface area (Å²) in [5, 5.41) is 2.86. The van der Waals surface area contributed by atoms with E-state index in [-0.39, 0.29) is 23.6 Å². The van der Waals surface area contributed by atoms with Crippen molar-refractivity contribution in [3.05, 3.63) is 64.4 Å². The summed E-state index contributed by atoms with van der Waals surface area (Å²) in [6.07, 6.45) is 0.515. The first-order valence-electron chi connectivity index (χ1n) is 8.17. The molecule has 6 heteroatoms. The molecule has 1 N–H and O–H groups in total. The molecule has 2 aliphatic rings. The molecule has 1 aliphatic carbocycles. The molecule has 2 aromatic carbocycles. The number of nitrogens with one attached hydrogen (secondary N) is 1. The summed E-state index contributed by atoms with van der Waals surface area (Å²) in [6, 6.07) is 13.6. The van der Waals surface area contributed by atoms with Gasteiger partial charge in [0, 0.05) is 22.5 Å². The Morgan fingerprint density at radius 1 is 1.08 bits per heavy atom. The van der Waals surface area contributed by atoms with Gasteiger partial charge in [0.25, 0.3) is 0 Å². The number of amides is 1. The van der Waals surface area contributed by atoms with E-state index in [0.717, 1.165) is 10.0 Å². The molecule has 1 spiro atoms. The summed E-state index contributed by atoms with van der Waals surface area (Å²) in [5.41, 5.74) is 1.59. The Bertz CT molecular complexity index is 772. The third-order valence-corrected chi connectivity index (χ3v) is 5.36. The molecule has 4 nitrogen and oxygen atoms in total. The number of halogens is 2. The third kappa shape index (κ3) is 3.10. The van der Waals surface area contributed by atoms with E-state index in [4.69, 9.17) is 9.47 Å². The summed E-state index contributed by atoms with van der Waals surface area (Å²) in [5.74, 6) is -1.57. The van der Waals surface area contributed by atoms with Gasteiger partial charge in [-0.05, 0) is 42.0 Å². The van der Waals surface area contributed by atoms with Gasteiger partial charge < -0.3 is 14.8 Å². The number of carbonyl (C=O) groups excluding carboxylic acids is 1. The maximum absolute atomic E-state index is 13.0. The predicted molar refractivity (Wildman–Crippen MR) is 94.7 cm³/mol. The fourth-order valence-electron chi connectivity index (χ4n) is 3.63. The number of ether oxygens (including phenoxy) is 2. The van der Waals surface area contributed by atoms with E-state index >= 15 is 0 Å². The minimum Gasteiger partial charge on any atom is -0.347 e. The monoisotopic (exact) mass is 405 g/mol. The Labute approximate surface area is 153 Å². The second-order valence-electron chi connectivity index (χ2n) is 6.34. The summed E-state index contributed by atoms with van der Waals surface area (Å²) >= 11 is 3.43. The zero-order valence-electron chi connectivity index (χ0n) is 13.4. The highest BCUT2D eigenvalue weighted by atomic mass is 79.9. The first-order valence-corrected chi connectivity index (χ1v) is 8.96. The first-order chi connectivity index (χ1) is 12.1. The van der Waals surface area contributed by atoms with Crippen molar-refractivity contribution in [2.75, 3.05) is 18.5 Å². The van der Waals surface area contributed by atoms with Crippen LogP contribution in [0.1, 0.15) is 17.9 Å². The van der Waals surface area contributed by atoms with Crippen molar-refractivity contribution >= 4 is 27.5 Å². The molecule has 130 valence electrons. The van der Waals surface area contributed by atoms with Gasteiger partial charge in [0.1, 0.15) is 5.82 Å². The number of anilines is 1. The van der Waals surface area contributed by atoms with E-state index in [1.54, 1.807) is 12.1 Å². The molecule has 2 aromatic rings. The van der Waals surface area contributed by atoms with Gasteiger partial charge in [-0.3, -0.25) is 4.79 Å². The Morgan fingerprint density at radius 2 is 1.72 bits per heavy atom. The highest BCUT2D eigenvalue weighted by Crippen LogP contribution is 2.55. The van der Waals surface area contributed by atoms with Crippen LogP contribution in [0.5, 0.6) is 0 Å². The molecule has 0 radical (unpaired) electrons. The van der Waals surface area contributed by atoms with E-state index in [1.165, 1.54) is 12.1 Å². The maximum atomic E-state index is 13.0. The van der Waals surface area contributed by atoms with E-state index in [0.29, 0.717) is 25.3 Å². The van der Waals surface area contributed by atoms with Crippen molar-refractivity contribution in [1.29, 1.82) is 0 Å².